The van der Waals surface area contributed by atoms with Crippen LogP contribution >= 0.6 is 0 Å². The van der Waals surface area contributed by atoms with Crippen molar-refractivity contribution in [1.82, 2.24) is 14.5 Å². The van der Waals surface area contributed by atoms with Crippen LogP contribution in [0.5, 0.6) is 5.75 Å². The minimum Gasteiger partial charge on any atom is -0.497 e. The van der Waals surface area contributed by atoms with Crippen LogP contribution in [0.1, 0.15) is 11.1 Å². The van der Waals surface area contributed by atoms with Gasteiger partial charge in [0, 0.05) is 31.7 Å². The zero-order valence-corrected chi connectivity index (χ0v) is 20.0. The maximum absolute atomic E-state index is 13.2. The van der Waals surface area contributed by atoms with E-state index in [2.05, 4.69) is 10.2 Å². The summed E-state index contributed by atoms with van der Waals surface area (Å²) in [5.41, 5.74) is -1.98. The average molecular weight is 546 g/mol. The van der Waals surface area contributed by atoms with Crippen molar-refractivity contribution in [1.29, 1.82) is 0 Å². The van der Waals surface area contributed by atoms with E-state index in [0.717, 1.165) is 9.87 Å². The van der Waals surface area contributed by atoms with Crippen LogP contribution in [0.2, 0.25) is 0 Å². The van der Waals surface area contributed by atoms with Gasteiger partial charge in [0.1, 0.15) is 5.75 Å². The molecule has 4 rings (SSSR count). The van der Waals surface area contributed by atoms with Gasteiger partial charge >= 0.3 is 12.4 Å². The highest BCUT2D eigenvalue weighted by Gasteiger charge is 2.39. The maximum atomic E-state index is 13.2. The van der Waals surface area contributed by atoms with Crippen molar-refractivity contribution in [3.05, 3.63) is 65.7 Å². The SMILES string of the molecule is COc1ccc(-c2ccc(N3CCN(S(=O)(=O)c4cc(C(F)(F)F)cc(C(F)(F)F)c4)CC3)nn2)cc1. The van der Waals surface area contributed by atoms with Gasteiger partial charge in [-0.3, -0.25) is 0 Å². The number of aromatic nitrogens is 2. The lowest BCUT2D eigenvalue weighted by molar-refractivity contribution is -0.143. The van der Waals surface area contributed by atoms with Crippen LogP contribution in [0, 0.1) is 0 Å². The van der Waals surface area contributed by atoms with Crippen molar-refractivity contribution < 1.29 is 39.5 Å². The molecule has 1 aromatic heterocycles. The van der Waals surface area contributed by atoms with Crippen molar-refractivity contribution in [3.63, 3.8) is 0 Å². The normalized spacial score (nSPS) is 15.6. The van der Waals surface area contributed by atoms with E-state index in [1.165, 1.54) is 0 Å². The Morgan fingerprint density at radius 3 is 1.81 bits per heavy atom. The number of alkyl halides is 6. The number of hydrogen-bond acceptors (Lipinski definition) is 6. The third-order valence-corrected chi connectivity index (χ3v) is 7.67. The molecule has 7 nitrogen and oxygen atoms in total. The number of piperazine rings is 1. The van der Waals surface area contributed by atoms with Crippen LogP contribution in [-0.2, 0) is 22.4 Å². The zero-order chi connectivity index (χ0) is 27.0. The van der Waals surface area contributed by atoms with Crippen LogP contribution in [-0.4, -0.2) is 56.2 Å². The Morgan fingerprint density at radius 2 is 1.35 bits per heavy atom. The van der Waals surface area contributed by atoms with E-state index in [1.807, 2.05) is 12.1 Å². The Labute approximate surface area is 208 Å². The summed E-state index contributed by atoms with van der Waals surface area (Å²) in [5.74, 6) is 1.13. The molecule has 14 heteroatoms. The van der Waals surface area contributed by atoms with Gasteiger partial charge in [0.25, 0.3) is 0 Å². The fourth-order valence-corrected chi connectivity index (χ4v) is 5.29. The molecule has 1 aliphatic rings. The van der Waals surface area contributed by atoms with Crippen molar-refractivity contribution in [2.24, 2.45) is 0 Å². The number of anilines is 1. The number of benzene rings is 2. The fraction of sp³-hybridized carbons (Fsp3) is 0.304. The predicted octanol–water partition coefficient (Wildman–Crippen LogP) is 4.70. The molecule has 2 heterocycles. The topological polar surface area (TPSA) is 75.6 Å². The average Bonchev–Trinajstić information content (AvgIpc) is 2.87. The summed E-state index contributed by atoms with van der Waals surface area (Å²) in [6.45, 7) is -0.106. The standard InChI is InChI=1S/C23H20F6N4O3S/c1-36-18-4-2-15(3-5-18)20-6-7-21(31-30-20)32-8-10-33(11-9-32)37(34,35)19-13-16(22(24,25)26)12-17(14-19)23(27,28)29/h2-7,12-14H,8-11H2,1H3. The molecule has 0 amide bonds. The van der Waals surface area contributed by atoms with Crippen LogP contribution in [0.25, 0.3) is 11.3 Å². The molecule has 0 spiro atoms. The number of hydrogen-bond donors (Lipinski definition) is 0. The molecular weight excluding hydrogens is 526 g/mol. The molecule has 0 saturated carbocycles. The second-order valence-electron chi connectivity index (χ2n) is 8.14. The summed E-state index contributed by atoms with van der Waals surface area (Å²) in [7, 11) is -3.07. The van der Waals surface area contributed by atoms with Crippen molar-refractivity contribution >= 4 is 15.8 Å². The highest BCUT2D eigenvalue weighted by atomic mass is 32.2. The minimum absolute atomic E-state index is 0.106. The van der Waals surface area contributed by atoms with E-state index in [1.54, 1.807) is 36.3 Å². The van der Waals surface area contributed by atoms with Crippen LogP contribution in [0.15, 0.2) is 59.5 Å². The summed E-state index contributed by atoms with van der Waals surface area (Å²) < 4.78 is 111. The summed E-state index contributed by atoms with van der Waals surface area (Å²) in [6.07, 6.45) is -10.3. The van der Waals surface area contributed by atoms with Gasteiger partial charge in [-0.25, -0.2) is 8.42 Å². The van der Waals surface area contributed by atoms with Gasteiger partial charge in [0.15, 0.2) is 5.82 Å². The molecule has 0 bridgehead atoms. The quantitative estimate of drug-likeness (QED) is 0.432. The largest absolute Gasteiger partial charge is 0.497 e. The number of methoxy groups -OCH3 is 1. The molecule has 37 heavy (non-hydrogen) atoms. The van der Waals surface area contributed by atoms with Crippen LogP contribution in [0.3, 0.4) is 0 Å². The smallest absolute Gasteiger partial charge is 0.416 e. The van der Waals surface area contributed by atoms with Gasteiger partial charge < -0.3 is 9.64 Å². The van der Waals surface area contributed by atoms with Gasteiger partial charge in [0.05, 0.1) is 28.8 Å². The van der Waals surface area contributed by atoms with Crippen molar-refractivity contribution in [3.8, 4) is 17.0 Å². The number of sulfonamides is 1. The summed E-state index contributed by atoms with van der Waals surface area (Å²) in [5, 5.41) is 8.35. The summed E-state index contributed by atoms with van der Waals surface area (Å²) >= 11 is 0. The van der Waals surface area contributed by atoms with Crippen molar-refractivity contribution in [2.75, 3.05) is 38.2 Å². The minimum atomic E-state index is -5.15. The monoisotopic (exact) mass is 546 g/mol. The first-order valence-corrected chi connectivity index (χ1v) is 12.3. The first kappa shape index (κ1) is 26.7. The molecule has 1 aliphatic heterocycles. The Bertz CT molecular complexity index is 1320. The molecule has 0 atom stereocenters. The highest BCUT2D eigenvalue weighted by molar-refractivity contribution is 7.89. The van der Waals surface area contributed by atoms with Gasteiger partial charge in [-0.05, 0) is 54.6 Å². The van der Waals surface area contributed by atoms with Gasteiger partial charge in [0.2, 0.25) is 10.0 Å². The Hall–Kier alpha value is -3.39. The zero-order valence-electron chi connectivity index (χ0n) is 19.2. The Balaban J connectivity index is 1.50. The molecule has 1 fully saturated rings. The van der Waals surface area contributed by atoms with Crippen LogP contribution < -0.4 is 9.64 Å². The van der Waals surface area contributed by atoms with Crippen LogP contribution in [0.4, 0.5) is 32.2 Å². The van der Waals surface area contributed by atoms with Gasteiger partial charge in [-0.15, -0.1) is 10.2 Å². The second kappa shape index (κ2) is 9.82. The highest BCUT2D eigenvalue weighted by Crippen LogP contribution is 2.38. The third-order valence-electron chi connectivity index (χ3n) is 5.80. The van der Waals surface area contributed by atoms with Gasteiger partial charge in [-0.2, -0.15) is 30.6 Å². The number of ether oxygens (including phenoxy) is 1. The molecular formula is C23H20F6N4O3S. The molecule has 1 saturated heterocycles. The molecule has 198 valence electrons. The molecule has 0 unspecified atom stereocenters. The molecule has 0 aliphatic carbocycles. The summed E-state index contributed by atoms with van der Waals surface area (Å²) in [4.78, 5) is 0.663. The first-order valence-electron chi connectivity index (χ1n) is 10.8. The van der Waals surface area contributed by atoms with E-state index in [-0.39, 0.29) is 44.4 Å². The lowest BCUT2D eigenvalue weighted by Crippen LogP contribution is -2.49. The Morgan fingerprint density at radius 1 is 0.784 bits per heavy atom. The first-order chi connectivity index (χ1) is 17.3. The number of halogens is 6. The lowest BCUT2D eigenvalue weighted by Gasteiger charge is -2.34. The van der Waals surface area contributed by atoms with E-state index < -0.39 is 38.4 Å². The second-order valence-corrected chi connectivity index (χ2v) is 10.1. The number of nitrogens with zero attached hydrogens (tertiary/aromatic N) is 4. The van der Waals surface area contributed by atoms with Crippen molar-refractivity contribution in [2.45, 2.75) is 17.2 Å². The predicted molar refractivity (Wildman–Crippen MR) is 121 cm³/mol. The van der Waals surface area contributed by atoms with E-state index in [4.69, 9.17) is 4.74 Å². The fourth-order valence-electron chi connectivity index (χ4n) is 3.79. The molecule has 0 radical (unpaired) electrons. The maximum Gasteiger partial charge on any atom is 0.416 e. The number of rotatable bonds is 5. The Kier molecular flexibility index (Phi) is 7.08. The molecule has 2 aromatic carbocycles. The summed E-state index contributed by atoms with van der Waals surface area (Å²) in [6, 6.07) is 10.9. The van der Waals surface area contributed by atoms with Gasteiger partial charge in [-0.1, -0.05) is 0 Å². The molecule has 3 aromatic rings. The van der Waals surface area contributed by atoms with E-state index in [9.17, 15) is 34.8 Å². The van der Waals surface area contributed by atoms with E-state index >= 15 is 0 Å². The third kappa shape index (κ3) is 5.80. The lowest BCUT2D eigenvalue weighted by atomic mass is 10.1. The van der Waals surface area contributed by atoms with E-state index in [0.29, 0.717) is 17.3 Å². The molecule has 0 N–H and O–H groups in total.